The number of hydrogen-bond acceptors (Lipinski definition) is 3. The number of ketones is 1. The summed E-state index contributed by atoms with van der Waals surface area (Å²) in [4.78, 5) is 21.0. The zero-order valence-electron chi connectivity index (χ0n) is 6.35. The van der Waals surface area contributed by atoms with E-state index in [0.29, 0.717) is 12.8 Å². The van der Waals surface area contributed by atoms with E-state index in [2.05, 4.69) is 4.74 Å². The van der Waals surface area contributed by atoms with Crippen LogP contribution in [0.3, 0.4) is 0 Å². The van der Waals surface area contributed by atoms with E-state index in [-0.39, 0.29) is 18.4 Å². The van der Waals surface area contributed by atoms with E-state index < -0.39 is 0 Å². The summed E-state index contributed by atoms with van der Waals surface area (Å²) in [5, 5.41) is 0. The van der Waals surface area contributed by atoms with Crippen molar-refractivity contribution in [2.45, 2.75) is 26.7 Å². The van der Waals surface area contributed by atoms with E-state index in [1.54, 1.807) is 13.8 Å². The van der Waals surface area contributed by atoms with Gasteiger partial charge in [0, 0.05) is 12.8 Å². The van der Waals surface area contributed by atoms with Crippen LogP contribution in [0.5, 0.6) is 0 Å². The van der Waals surface area contributed by atoms with E-state index >= 15 is 0 Å². The van der Waals surface area contributed by atoms with Crippen LogP contribution in [0.2, 0.25) is 0 Å². The van der Waals surface area contributed by atoms with Gasteiger partial charge in [0.15, 0.2) is 5.78 Å². The number of carbonyl (C=O) groups is 2. The molecule has 0 rings (SSSR count). The molecule has 0 aromatic rings. The van der Waals surface area contributed by atoms with Crippen LogP contribution in [0.1, 0.15) is 26.7 Å². The highest BCUT2D eigenvalue weighted by Gasteiger charge is 2.01. The quantitative estimate of drug-likeness (QED) is 0.551. The summed E-state index contributed by atoms with van der Waals surface area (Å²) >= 11 is 0. The lowest BCUT2D eigenvalue weighted by Crippen LogP contribution is -2.11. The van der Waals surface area contributed by atoms with Gasteiger partial charge in [-0.3, -0.25) is 9.59 Å². The van der Waals surface area contributed by atoms with Crippen molar-refractivity contribution < 1.29 is 14.3 Å². The molecular formula is C7H12O3. The summed E-state index contributed by atoms with van der Waals surface area (Å²) in [6, 6.07) is 0. The summed E-state index contributed by atoms with van der Waals surface area (Å²) < 4.78 is 4.56. The van der Waals surface area contributed by atoms with Crippen molar-refractivity contribution in [3.63, 3.8) is 0 Å². The van der Waals surface area contributed by atoms with Crippen LogP contribution in [0.15, 0.2) is 0 Å². The van der Waals surface area contributed by atoms with Gasteiger partial charge in [-0.25, -0.2) is 0 Å². The fourth-order valence-corrected chi connectivity index (χ4v) is 0.365. The highest BCUT2D eigenvalue weighted by Crippen LogP contribution is 1.87. The SMILES string of the molecule is CCC(=O)COC(=O)CC. The minimum Gasteiger partial charge on any atom is -0.458 e. The van der Waals surface area contributed by atoms with Crippen molar-refractivity contribution in [2.24, 2.45) is 0 Å². The Kier molecular flexibility index (Phi) is 4.54. The predicted molar refractivity (Wildman–Crippen MR) is 36.5 cm³/mol. The van der Waals surface area contributed by atoms with E-state index in [4.69, 9.17) is 0 Å². The zero-order chi connectivity index (χ0) is 7.98. The maximum Gasteiger partial charge on any atom is 0.305 e. The minimum atomic E-state index is -0.318. The molecule has 0 bridgehead atoms. The Bertz CT molecular complexity index is 113. The summed E-state index contributed by atoms with van der Waals surface area (Å²) in [7, 11) is 0. The Morgan fingerprint density at radius 1 is 1.20 bits per heavy atom. The van der Waals surface area contributed by atoms with Crippen LogP contribution < -0.4 is 0 Å². The summed E-state index contributed by atoms with van der Waals surface area (Å²) in [6.45, 7) is 3.37. The smallest absolute Gasteiger partial charge is 0.305 e. The molecule has 0 aliphatic carbocycles. The Balaban J connectivity index is 3.35. The summed E-state index contributed by atoms with van der Waals surface area (Å²) in [5.74, 6) is -0.358. The van der Waals surface area contributed by atoms with Gasteiger partial charge in [0.1, 0.15) is 6.61 Å². The van der Waals surface area contributed by atoms with Crippen molar-refractivity contribution in [2.75, 3.05) is 6.61 Å². The number of rotatable bonds is 4. The predicted octanol–water partition coefficient (Wildman–Crippen LogP) is 0.919. The summed E-state index contributed by atoms with van der Waals surface area (Å²) in [6.07, 6.45) is 0.758. The Hall–Kier alpha value is -0.860. The molecule has 0 atom stereocenters. The van der Waals surface area contributed by atoms with Crippen molar-refractivity contribution in [1.29, 1.82) is 0 Å². The number of carbonyl (C=O) groups excluding carboxylic acids is 2. The second-order valence-corrected chi connectivity index (χ2v) is 1.91. The van der Waals surface area contributed by atoms with Crippen molar-refractivity contribution in [1.82, 2.24) is 0 Å². The number of esters is 1. The van der Waals surface area contributed by atoms with Gasteiger partial charge in [0.05, 0.1) is 0 Å². The average Bonchev–Trinajstić information content (AvgIpc) is 1.99. The van der Waals surface area contributed by atoms with Gasteiger partial charge in [-0.1, -0.05) is 13.8 Å². The molecule has 0 aliphatic rings. The normalized spacial score (nSPS) is 9.00. The molecule has 0 heterocycles. The van der Waals surface area contributed by atoms with Crippen LogP contribution in [-0.4, -0.2) is 18.4 Å². The van der Waals surface area contributed by atoms with Crippen LogP contribution >= 0.6 is 0 Å². The Morgan fingerprint density at radius 3 is 2.20 bits per heavy atom. The highest BCUT2D eigenvalue weighted by molar-refractivity contribution is 5.81. The van der Waals surface area contributed by atoms with Crippen LogP contribution in [0.25, 0.3) is 0 Å². The van der Waals surface area contributed by atoms with Gasteiger partial charge in [0.2, 0.25) is 0 Å². The highest BCUT2D eigenvalue weighted by atomic mass is 16.5. The topological polar surface area (TPSA) is 43.4 Å². The molecule has 58 valence electrons. The van der Waals surface area contributed by atoms with E-state index in [9.17, 15) is 9.59 Å². The van der Waals surface area contributed by atoms with E-state index in [1.807, 2.05) is 0 Å². The molecule has 0 amide bonds. The molecule has 3 heteroatoms. The second-order valence-electron chi connectivity index (χ2n) is 1.91. The molecule has 3 nitrogen and oxygen atoms in total. The van der Waals surface area contributed by atoms with E-state index in [0.717, 1.165) is 0 Å². The molecule has 0 aromatic carbocycles. The lowest BCUT2D eigenvalue weighted by molar-refractivity contribution is -0.147. The average molecular weight is 144 g/mol. The third-order valence-corrected chi connectivity index (χ3v) is 1.08. The fraction of sp³-hybridized carbons (Fsp3) is 0.714. The molecule has 0 saturated carbocycles. The van der Waals surface area contributed by atoms with Crippen molar-refractivity contribution in [3.05, 3.63) is 0 Å². The fourth-order valence-electron chi connectivity index (χ4n) is 0.365. The number of Topliss-reactive ketones (excluding diaryl/α,β-unsaturated/α-hetero) is 1. The van der Waals surface area contributed by atoms with Crippen molar-refractivity contribution >= 4 is 11.8 Å². The molecule has 0 aliphatic heterocycles. The summed E-state index contributed by atoms with van der Waals surface area (Å²) in [5.41, 5.74) is 0. The van der Waals surface area contributed by atoms with Gasteiger partial charge in [-0.15, -0.1) is 0 Å². The maximum atomic E-state index is 10.6. The first-order valence-corrected chi connectivity index (χ1v) is 3.38. The van der Waals surface area contributed by atoms with Crippen molar-refractivity contribution in [3.8, 4) is 0 Å². The lowest BCUT2D eigenvalue weighted by atomic mass is 10.3. The third kappa shape index (κ3) is 4.06. The van der Waals surface area contributed by atoms with E-state index in [1.165, 1.54) is 0 Å². The Morgan fingerprint density at radius 2 is 1.80 bits per heavy atom. The van der Waals surface area contributed by atoms with Gasteiger partial charge >= 0.3 is 5.97 Å². The van der Waals surface area contributed by atoms with Crippen LogP contribution in [-0.2, 0) is 14.3 Å². The maximum absolute atomic E-state index is 10.6. The molecule has 0 radical (unpaired) electrons. The molecule has 0 spiro atoms. The van der Waals surface area contributed by atoms with Crippen LogP contribution in [0, 0.1) is 0 Å². The van der Waals surface area contributed by atoms with Gasteiger partial charge in [-0.2, -0.15) is 0 Å². The molecule has 0 fully saturated rings. The molecule has 10 heavy (non-hydrogen) atoms. The minimum absolute atomic E-state index is 0.0400. The molecule has 0 saturated heterocycles. The molecular weight excluding hydrogens is 132 g/mol. The first-order chi connectivity index (χ1) is 4.70. The molecule has 0 aromatic heterocycles. The van der Waals surface area contributed by atoms with Gasteiger partial charge < -0.3 is 4.74 Å². The largest absolute Gasteiger partial charge is 0.458 e. The second kappa shape index (κ2) is 4.97. The Labute approximate surface area is 60.4 Å². The molecule has 0 unspecified atom stereocenters. The standard InChI is InChI=1S/C7H12O3/c1-3-6(8)5-10-7(9)4-2/h3-5H2,1-2H3. The third-order valence-electron chi connectivity index (χ3n) is 1.08. The number of hydrogen-bond donors (Lipinski definition) is 0. The zero-order valence-corrected chi connectivity index (χ0v) is 6.35. The van der Waals surface area contributed by atoms with Gasteiger partial charge in [0.25, 0.3) is 0 Å². The number of ether oxygens (including phenoxy) is 1. The first-order valence-electron chi connectivity index (χ1n) is 3.38. The van der Waals surface area contributed by atoms with Crippen LogP contribution in [0.4, 0.5) is 0 Å². The monoisotopic (exact) mass is 144 g/mol. The first kappa shape index (κ1) is 9.14. The molecule has 0 N–H and O–H groups in total. The van der Waals surface area contributed by atoms with Gasteiger partial charge in [-0.05, 0) is 0 Å². The lowest BCUT2D eigenvalue weighted by Gasteiger charge is -1.98.